The molecule has 0 radical (unpaired) electrons. The van der Waals surface area contributed by atoms with Crippen LogP contribution in [0.1, 0.15) is 16.7 Å². The van der Waals surface area contributed by atoms with Gasteiger partial charge in [0.2, 0.25) is 5.91 Å². The van der Waals surface area contributed by atoms with Gasteiger partial charge in [0.05, 0.1) is 26.5 Å². The van der Waals surface area contributed by atoms with Crippen molar-refractivity contribution in [2.75, 3.05) is 52.3 Å². The van der Waals surface area contributed by atoms with Gasteiger partial charge in [-0.15, -0.1) is 0 Å². The van der Waals surface area contributed by atoms with E-state index in [1.54, 1.807) is 14.2 Å². The summed E-state index contributed by atoms with van der Waals surface area (Å²) in [5.41, 5.74) is 4.26. The van der Waals surface area contributed by atoms with Crippen LogP contribution in [0, 0.1) is 13.8 Å². The minimum Gasteiger partial charge on any atom is -0.496 e. The predicted molar refractivity (Wildman–Crippen MR) is 116 cm³/mol. The molecule has 0 bridgehead atoms. The van der Waals surface area contributed by atoms with E-state index < -0.39 is 0 Å². The molecule has 2 aromatic rings. The molecule has 0 saturated carbocycles. The number of methoxy groups -OCH3 is 2. The third-order valence-electron chi connectivity index (χ3n) is 5.29. The van der Waals surface area contributed by atoms with Crippen molar-refractivity contribution in [1.82, 2.24) is 9.80 Å². The molecule has 1 aliphatic heterocycles. The Morgan fingerprint density at radius 1 is 0.897 bits per heavy atom. The topological polar surface area (TPSA) is 54.0 Å². The van der Waals surface area contributed by atoms with Gasteiger partial charge in [0.25, 0.3) is 0 Å². The van der Waals surface area contributed by atoms with Crippen LogP contribution in [-0.2, 0) is 11.3 Å². The summed E-state index contributed by atoms with van der Waals surface area (Å²) in [5, 5.41) is 2.99. The third kappa shape index (κ3) is 5.71. The molecule has 29 heavy (non-hydrogen) atoms. The molecule has 0 aliphatic carbocycles. The number of nitrogens with one attached hydrogen (secondary N) is 1. The number of aryl methyl sites for hydroxylation is 2. The van der Waals surface area contributed by atoms with E-state index in [1.165, 1.54) is 11.1 Å². The van der Waals surface area contributed by atoms with Crippen LogP contribution in [0.15, 0.2) is 36.4 Å². The summed E-state index contributed by atoms with van der Waals surface area (Å²) in [6.07, 6.45) is 0. The van der Waals surface area contributed by atoms with Gasteiger partial charge in [0.1, 0.15) is 11.5 Å². The highest BCUT2D eigenvalue weighted by Crippen LogP contribution is 2.25. The lowest BCUT2D eigenvalue weighted by atomic mass is 10.1. The number of carbonyl (C=O) groups excluding carboxylic acids is 1. The number of carbonyl (C=O) groups is 1. The van der Waals surface area contributed by atoms with Gasteiger partial charge in [-0.3, -0.25) is 14.6 Å². The second-order valence-electron chi connectivity index (χ2n) is 7.62. The zero-order valence-corrected chi connectivity index (χ0v) is 17.8. The Morgan fingerprint density at radius 2 is 1.48 bits per heavy atom. The van der Waals surface area contributed by atoms with E-state index in [9.17, 15) is 4.79 Å². The smallest absolute Gasteiger partial charge is 0.238 e. The second-order valence-corrected chi connectivity index (χ2v) is 7.62. The zero-order chi connectivity index (χ0) is 20.8. The van der Waals surface area contributed by atoms with Gasteiger partial charge in [-0.05, 0) is 37.6 Å². The van der Waals surface area contributed by atoms with Crippen molar-refractivity contribution in [2.24, 2.45) is 0 Å². The Morgan fingerprint density at radius 3 is 2.14 bits per heavy atom. The number of amides is 1. The highest BCUT2D eigenvalue weighted by Gasteiger charge is 2.20. The summed E-state index contributed by atoms with van der Waals surface area (Å²) in [6, 6.07) is 12.1. The maximum atomic E-state index is 12.5. The zero-order valence-electron chi connectivity index (χ0n) is 17.8. The summed E-state index contributed by atoms with van der Waals surface area (Å²) in [5.74, 6) is 1.60. The van der Waals surface area contributed by atoms with Gasteiger partial charge >= 0.3 is 0 Å². The van der Waals surface area contributed by atoms with Gasteiger partial charge in [0, 0.05) is 38.3 Å². The van der Waals surface area contributed by atoms with Crippen LogP contribution in [0.25, 0.3) is 0 Å². The van der Waals surface area contributed by atoms with Crippen LogP contribution in [-0.4, -0.2) is 62.7 Å². The van der Waals surface area contributed by atoms with Crippen molar-refractivity contribution >= 4 is 11.6 Å². The molecule has 0 atom stereocenters. The van der Waals surface area contributed by atoms with Crippen molar-refractivity contribution < 1.29 is 14.3 Å². The second kappa shape index (κ2) is 9.76. The minimum absolute atomic E-state index is 0.0114. The molecule has 0 aromatic heterocycles. The minimum atomic E-state index is -0.0114. The number of nitrogens with zero attached hydrogens (tertiary/aromatic N) is 2. The van der Waals surface area contributed by atoms with Gasteiger partial charge in [-0.1, -0.05) is 23.8 Å². The number of benzene rings is 2. The predicted octanol–water partition coefficient (Wildman–Crippen LogP) is 3.08. The number of piperazine rings is 1. The SMILES string of the molecule is COc1ccc(C)cc1CN1CCN(CC(=O)Nc2cc(C)ccc2OC)CC1. The molecular weight excluding hydrogens is 366 g/mol. The molecule has 6 heteroatoms. The van der Waals surface area contributed by atoms with Gasteiger partial charge in [-0.25, -0.2) is 0 Å². The number of hydrogen-bond donors (Lipinski definition) is 1. The lowest BCUT2D eigenvalue weighted by molar-refractivity contribution is -0.117. The first-order valence-corrected chi connectivity index (χ1v) is 10.0. The van der Waals surface area contributed by atoms with E-state index in [2.05, 4.69) is 34.2 Å². The van der Waals surface area contributed by atoms with Crippen LogP contribution >= 0.6 is 0 Å². The van der Waals surface area contributed by atoms with Crippen LogP contribution < -0.4 is 14.8 Å². The van der Waals surface area contributed by atoms with Gasteiger partial charge < -0.3 is 14.8 Å². The Labute approximate surface area is 173 Å². The molecule has 1 aliphatic rings. The number of hydrogen-bond acceptors (Lipinski definition) is 5. The van der Waals surface area contributed by atoms with Crippen LogP contribution in [0.2, 0.25) is 0 Å². The highest BCUT2D eigenvalue weighted by molar-refractivity contribution is 5.93. The molecule has 3 rings (SSSR count). The van der Waals surface area contributed by atoms with Crippen LogP contribution in [0.5, 0.6) is 11.5 Å². The van der Waals surface area contributed by atoms with E-state index in [4.69, 9.17) is 9.47 Å². The molecule has 6 nitrogen and oxygen atoms in total. The number of ether oxygens (including phenoxy) is 2. The largest absolute Gasteiger partial charge is 0.496 e. The fraction of sp³-hybridized carbons (Fsp3) is 0.435. The molecule has 2 aromatic carbocycles. The Kier molecular flexibility index (Phi) is 7.12. The van der Waals surface area contributed by atoms with Crippen molar-refractivity contribution in [1.29, 1.82) is 0 Å². The average molecular weight is 398 g/mol. The number of rotatable bonds is 7. The van der Waals surface area contributed by atoms with E-state index in [0.717, 1.165) is 49.7 Å². The Hall–Kier alpha value is -2.57. The summed E-state index contributed by atoms with van der Waals surface area (Å²) in [7, 11) is 3.33. The fourth-order valence-corrected chi connectivity index (χ4v) is 3.69. The lowest BCUT2D eigenvalue weighted by Crippen LogP contribution is -2.48. The molecule has 1 N–H and O–H groups in total. The van der Waals surface area contributed by atoms with Gasteiger partial charge in [-0.2, -0.15) is 0 Å². The lowest BCUT2D eigenvalue weighted by Gasteiger charge is -2.34. The van der Waals surface area contributed by atoms with Crippen molar-refractivity contribution in [2.45, 2.75) is 20.4 Å². The van der Waals surface area contributed by atoms with E-state index in [0.29, 0.717) is 12.3 Å². The molecule has 1 saturated heterocycles. The first-order valence-electron chi connectivity index (χ1n) is 10.0. The average Bonchev–Trinajstić information content (AvgIpc) is 2.70. The normalized spacial score (nSPS) is 15.2. The summed E-state index contributed by atoms with van der Waals surface area (Å²) in [4.78, 5) is 17.1. The van der Waals surface area contributed by atoms with Crippen LogP contribution in [0.4, 0.5) is 5.69 Å². The van der Waals surface area contributed by atoms with E-state index in [-0.39, 0.29) is 5.91 Å². The molecule has 1 amide bonds. The maximum absolute atomic E-state index is 12.5. The molecule has 0 spiro atoms. The highest BCUT2D eigenvalue weighted by atomic mass is 16.5. The maximum Gasteiger partial charge on any atom is 0.238 e. The first kappa shape index (κ1) is 21.1. The summed E-state index contributed by atoms with van der Waals surface area (Å²) >= 11 is 0. The molecule has 156 valence electrons. The number of anilines is 1. The Bertz CT molecular complexity index is 845. The van der Waals surface area contributed by atoms with E-state index >= 15 is 0 Å². The molecule has 1 heterocycles. The molecule has 0 unspecified atom stereocenters. The molecule has 1 fully saturated rings. The van der Waals surface area contributed by atoms with Crippen LogP contribution in [0.3, 0.4) is 0 Å². The van der Waals surface area contributed by atoms with Crippen molar-refractivity contribution in [3.8, 4) is 11.5 Å². The summed E-state index contributed by atoms with van der Waals surface area (Å²) in [6.45, 7) is 8.94. The van der Waals surface area contributed by atoms with E-state index in [1.807, 2.05) is 31.2 Å². The standard InChI is InChI=1S/C23H31N3O3/c1-17-5-7-21(28-3)19(13-17)15-25-9-11-26(12-10-25)16-23(27)24-20-14-18(2)6-8-22(20)29-4/h5-8,13-14H,9-12,15-16H2,1-4H3,(H,24,27). The summed E-state index contributed by atoms with van der Waals surface area (Å²) < 4.78 is 10.8. The monoisotopic (exact) mass is 397 g/mol. The van der Waals surface area contributed by atoms with Crippen molar-refractivity contribution in [3.63, 3.8) is 0 Å². The molecular formula is C23H31N3O3. The quantitative estimate of drug-likeness (QED) is 0.778. The van der Waals surface area contributed by atoms with Crippen molar-refractivity contribution in [3.05, 3.63) is 53.1 Å². The third-order valence-corrected chi connectivity index (χ3v) is 5.29. The first-order chi connectivity index (χ1) is 14.0. The fourth-order valence-electron chi connectivity index (χ4n) is 3.69. The Balaban J connectivity index is 1.50. The van der Waals surface area contributed by atoms with Gasteiger partial charge in [0.15, 0.2) is 0 Å².